The van der Waals surface area contributed by atoms with Gasteiger partial charge in [0.05, 0.1) is 28.3 Å². The highest BCUT2D eigenvalue weighted by Gasteiger charge is 2.25. The molecule has 0 radical (unpaired) electrons. The molecule has 0 bridgehead atoms. The van der Waals surface area contributed by atoms with Crippen molar-refractivity contribution in [3.05, 3.63) is 95.1 Å². The van der Waals surface area contributed by atoms with Crippen LogP contribution in [0.3, 0.4) is 0 Å². The molecule has 0 spiro atoms. The first-order valence-corrected chi connectivity index (χ1v) is 15.7. The molecule has 0 aliphatic rings. The van der Waals surface area contributed by atoms with Crippen LogP contribution in [0.5, 0.6) is 23.0 Å². The molecule has 3 aromatic carbocycles. The molecule has 4 rings (SSSR count). The van der Waals surface area contributed by atoms with Crippen LogP contribution < -0.4 is 24.2 Å². The van der Waals surface area contributed by atoms with Crippen molar-refractivity contribution >= 4 is 45.2 Å². The van der Waals surface area contributed by atoms with Gasteiger partial charge in [-0.25, -0.2) is 23.0 Å². The van der Waals surface area contributed by atoms with Crippen LogP contribution in [0, 0.1) is 0 Å². The Morgan fingerprint density at radius 3 is 2.33 bits per heavy atom. The van der Waals surface area contributed by atoms with Gasteiger partial charge in [0.15, 0.2) is 11.5 Å². The lowest BCUT2D eigenvalue weighted by Crippen LogP contribution is -2.19. The predicted molar refractivity (Wildman–Crippen MR) is 172 cm³/mol. The standard InChI is InChI=1S/C32H32ClN3O9S/c1-32(2,3)21-8-11-23(12-9-21)46(40,41)36-25-17-20(30(37)38)18-27(29(25)45-26-19-22(42-4)10-13-24(26)33)43-15-16-44-31(39)35-28-7-5-6-14-34-28/h5-14,17-19,36H,15-16H2,1-4H3,(H,37,38)(H,34,35,39). The van der Waals surface area contributed by atoms with Gasteiger partial charge in [0.2, 0.25) is 0 Å². The van der Waals surface area contributed by atoms with Gasteiger partial charge in [-0.2, -0.15) is 0 Å². The Morgan fingerprint density at radius 2 is 1.70 bits per heavy atom. The van der Waals surface area contributed by atoms with E-state index in [0.29, 0.717) is 5.75 Å². The zero-order chi connectivity index (χ0) is 33.5. The molecular weight excluding hydrogens is 638 g/mol. The fourth-order valence-corrected chi connectivity index (χ4v) is 5.22. The highest BCUT2D eigenvalue weighted by atomic mass is 35.5. The topological polar surface area (TPSA) is 162 Å². The number of aromatic carboxylic acids is 1. The third-order valence-corrected chi connectivity index (χ3v) is 8.09. The van der Waals surface area contributed by atoms with E-state index in [2.05, 4.69) is 15.0 Å². The molecule has 242 valence electrons. The van der Waals surface area contributed by atoms with Crippen LogP contribution in [0.4, 0.5) is 16.3 Å². The Bertz CT molecular complexity index is 1810. The summed E-state index contributed by atoms with van der Waals surface area (Å²) >= 11 is 6.37. The number of ether oxygens (including phenoxy) is 4. The Morgan fingerprint density at radius 1 is 0.957 bits per heavy atom. The molecule has 0 saturated carbocycles. The van der Waals surface area contributed by atoms with Crippen molar-refractivity contribution in [2.45, 2.75) is 31.1 Å². The zero-order valence-corrected chi connectivity index (χ0v) is 26.9. The summed E-state index contributed by atoms with van der Waals surface area (Å²) in [6.07, 6.45) is 0.698. The van der Waals surface area contributed by atoms with Crippen molar-refractivity contribution in [2.24, 2.45) is 0 Å². The number of hydrogen-bond donors (Lipinski definition) is 3. The minimum atomic E-state index is -4.26. The summed E-state index contributed by atoms with van der Waals surface area (Å²) in [6, 6.07) is 18.1. The molecule has 1 aromatic heterocycles. The van der Waals surface area contributed by atoms with E-state index in [9.17, 15) is 23.1 Å². The van der Waals surface area contributed by atoms with Gasteiger partial charge in [0, 0.05) is 12.3 Å². The fourth-order valence-electron chi connectivity index (χ4n) is 4.01. The lowest BCUT2D eigenvalue weighted by molar-refractivity contribution is 0.0696. The Balaban J connectivity index is 1.67. The van der Waals surface area contributed by atoms with Gasteiger partial charge in [0.25, 0.3) is 10.0 Å². The summed E-state index contributed by atoms with van der Waals surface area (Å²) < 4.78 is 51.8. The summed E-state index contributed by atoms with van der Waals surface area (Å²) in [6.45, 7) is 5.47. The summed E-state index contributed by atoms with van der Waals surface area (Å²) in [5.74, 6) is -1.01. The number of halogens is 1. The van der Waals surface area contributed by atoms with Crippen molar-refractivity contribution in [3.63, 3.8) is 0 Å². The van der Waals surface area contributed by atoms with Crippen LogP contribution in [0.2, 0.25) is 5.02 Å². The highest BCUT2D eigenvalue weighted by Crippen LogP contribution is 2.43. The average Bonchev–Trinajstić information content (AvgIpc) is 3.01. The van der Waals surface area contributed by atoms with Crippen molar-refractivity contribution in [2.75, 3.05) is 30.4 Å². The second-order valence-electron chi connectivity index (χ2n) is 10.8. The first-order chi connectivity index (χ1) is 21.8. The molecule has 0 unspecified atom stereocenters. The van der Waals surface area contributed by atoms with Crippen molar-refractivity contribution in [1.82, 2.24) is 4.98 Å². The first-order valence-electron chi connectivity index (χ1n) is 13.8. The number of nitrogens with zero attached hydrogens (tertiary/aromatic N) is 1. The van der Waals surface area contributed by atoms with Crippen molar-refractivity contribution in [3.8, 4) is 23.0 Å². The third-order valence-electron chi connectivity index (χ3n) is 6.40. The summed E-state index contributed by atoms with van der Waals surface area (Å²) in [7, 11) is -2.82. The van der Waals surface area contributed by atoms with Crippen LogP contribution in [0.1, 0.15) is 36.7 Å². The minimum Gasteiger partial charge on any atom is -0.497 e. The van der Waals surface area contributed by atoms with E-state index in [1.807, 2.05) is 20.8 Å². The number of aromatic nitrogens is 1. The van der Waals surface area contributed by atoms with Crippen LogP contribution in [0.15, 0.2) is 83.9 Å². The number of hydrogen-bond acceptors (Lipinski definition) is 9. The number of sulfonamides is 1. The number of carboxylic acid groups (broad SMARTS) is 1. The maximum absolute atomic E-state index is 13.5. The highest BCUT2D eigenvalue weighted by molar-refractivity contribution is 7.92. The van der Waals surface area contributed by atoms with E-state index < -0.39 is 22.1 Å². The minimum absolute atomic E-state index is 0.0647. The quantitative estimate of drug-likeness (QED) is 0.134. The second-order valence-corrected chi connectivity index (χ2v) is 12.8. The molecule has 0 saturated heterocycles. The lowest BCUT2D eigenvalue weighted by Gasteiger charge is -2.20. The normalized spacial score (nSPS) is 11.3. The molecule has 0 fully saturated rings. The van der Waals surface area contributed by atoms with Gasteiger partial charge in [-0.05, 0) is 59.5 Å². The largest absolute Gasteiger partial charge is 0.497 e. The molecule has 3 N–H and O–H groups in total. The summed E-state index contributed by atoms with van der Waals surface area (Å²) in [5, 5.41) is 12.4. The van der Waals surface area contributed by atoms with E-state index in [0.717, 1.165) is 17.7 Å². The smallest absolute Gasteiger partial charge is 0.412 e. The second kappa shape index (κ2) is 14.4. The van der Waals surface area contributed by atoms with E-state index in [4.69, 9.17) is 30.5 Å². The van der Waals surface area contributed by atoms with Crippen LogP contribution in [-0.2, 0) is 20.2 Å². The molecule has 14 heteroatoms. The number of carboxylic acids is 1. The number of carbonyl (C=O) groups is 2. The Labute approximate surface area is 271 Å². The molecule has 0 aliphatic heterocycles. The molecule has 4 aromatic rings. The Hall–Kier alpha value is -5.01. The van der Waals surface area contributed by atoms with Gasteiger partial charge in [-0.3, -0.25) is 10.0 Å². The summed E-state index contributed by atoms with van der Waals surface area (Å²) in [5.41, 5.74) is 0.149. The number of pyridine rings is 1. The van der Waals surface area contributed by atoms with Gasteiger partial charge < -0.3 is 24.1 Å². The molecule has 1 amide bonds. The number of carbonyl (C=O) groups excluding carboxylic acids is 1. The SMILES string of the molecule is COc1ccc(Cl)c(Oc2c(NS(=O)(=O)c3ccc(C(C)(C)C)cc3)cc(C(=O)O)cc2OCCOC(=O)Nc2ccccn2)c1. The molecule has 46 heavy (non-hydrogen) atoms. The zero-order valence-electron chi connectivity index (χ0n) is 25.4. The first kappa shape index (κ1) is 33.9. The lowest BCUT2D eigenvalue weighted by atomic mass is 9.87. The molecule has 0 atom stereocenters. The van der Waals surface area contributed by atoms with Crippen LogP contribution in [0.25, 0.3) is 0 Å². The molecular formula is C32H32ClN3O9S. The number of methoxy groups -OCH3 is 1. The molecule has 12 nitrogen and oxygen atoms in total. The maximum Gasteiger partial charge on any atom is 0.412 e. The molecule has 0 aliphatic carbocycles. The van der Waals surface area contributed by atoms with Gasteiger partial charge in [-0.15, -0.1) is 0 Å². The number of rotatable bonds is 12. The number of amides is 1. The van der Waals surface area contributed by atoms with Crippen molar-refractivity contribution < 1.29 is 42.1 Å². The van der Waals surface area contributed by atoms with Crippen LogP contribution >= 0.6 is 11.6 Å². The van der Waals surface area contributed by atoms with E-state index in [1.54, 1.807) is 36.4 Å². The van der Waals surface area contributed by atoms with Crippen molar-refractivity contribution in [1.29, 1.82) is 0 Å². The van der Waals surface area contributed by atoms with Crippen LogP contribution in [-0.4, -0.2) is 50.9 Å². The predicted octanol–water partition coefficient (Wildman–Crippen LogP) is 6.96. The average molecular weight is 670 g/mol. The Kier molecular flexibility index (Phi) is 10.6. The third kappa shape index (κ3) is 8.79. The van der Waals surface area contributed by atoms with Gasteiger partial charge in [0.1, 0.15) is 30.5 Å². The van der Waals surface area contributed by atoms with Gasteiger partial charge >= 0.3 is 12.1 Å². The van der Waals surface area contributed by atoms with E-state index >= 15 is 0 Å². The van der Waals surface area contributed by atoms with E-state index in [1.165, 1.54) is 37.6 Å². The number of anilines is 2. The maximum atomic E-state index is 13.5. The number of benzene rings is 3. The summed E-state index contributed by atoms with van der Waals surface area (Å²) in [4.78, 5) is 28.1. The number of nitrogens with one attached hydrogen (secondary N) is 2. The molecule has 1 heterocycles. The fraction of sp³-hybridized carbons (Fsp3) is 0.219. The van der Waals surface area contributed by atoms with E-state index in [-0.39, 0.29) is 62.9 Å². The van der Waals surface area contributed by atoms with Gasteiger partial charge in [-0.1, -0.05) is 50.6 Å². The monoisotopic (exact) mass is 669 g/mol.